The molecule has 182 valence electrons. The van der Waals surface area contributed by atoms with Crippen LogP contribution >= 0.6 is 23.2 Å². The van der Waals surface area contributed by atoms with Crippen LogP contribution in [0.15, 0.2) is 24.5 Å². The maximum atomic E-state index is 6.66. The van der Waals surface area contributed by atoms with Gasteiger partial charge < -0.3 is 25.8 Å². The average Bonchev–Trinajstić information content (AvgIpc) is 3.61. The zero-order valence-corrected chi connectivity index (χ0v) is 20.9. The molecule has 1 aliphatic rings. The molecule has 4 aromatic rings. The van der Waals surface area contributed by atoms with Gasteiger partial charge in [0.1, 0.15) is 17.0 Å². The predicted octanol–water partition coefficient (Wildman–Crippen LogP) is 4.90. The van der Waals surface area contributed by atoms with Crippen LogP contribution in [0.2, 0.25) is 10.0 Å². The molecular weight excluding hydrogens is 491 g/mol. The molecule has 0 atom stereocenters. The second kappa shape index (κ2) is 9.27. The number of rotatable bonds is 8. The molecular formula is C23H24Cl2N8O2. The summed E-state index contributed by atoms with van der Waals surface area (Å²) < 4.78 is 12.5. The number of halogens is 2. The predicted molar refractivity (Wildman–Crippen MR) is 138 cm³/mol. The molecule has 0 aliphatic heterocycles. The van der Waals surface area contributed by atoms with Crippen LogP contribution in [-0.2, 0) is 7.05 Å². The van der Waals surface area contributed by atoms with Crippen molar-refractivity contribution in [3.05, 3.63) is 34.6 Å². The monoisotopic (exact) mass is 514 g/mol. The number of fused-ring (bicyclic) bond motifs is 1. The van der Waals surface area contributed by atoms with Crippen molar-refractivity contribution in [3.8, 4) is 22.8 Å². The van der Waals surface area contributed by atoms with Gasteiger partial charge in [-0.25, -0.2) is 15.0 Å². The highest BCUT2D eigenvalue weighted by molar-refractivity contribution is 6.41. The highest BCUT2D eigenvalue weighted by Gasteiger charge is 2.24. The molecule has 3 heterocycles. The van der Waals surface area contributed by atoms with E-state index in [0.29, 0.717) is 67.5 Å². The molecule has 5 rings (SSSR count). The molecule has 1 fully saturated rings. The lowest BCUT2D eigenvalue weighted by Crippen LogP contribution is -2.08. The van der Waals surface area contributed by atoms with Crippen molar-refractivity contribution in [2.75, 3.05) is 37.1 Å². The van der Waals surface area contributed by atoms with E-state index in [1.54, 1.807) is 30.2 Å². The fourth-order valence-electron chi connectivity index (χ4n) is 3.73. The summed E-state index contributed by atoms with van der Waals surface area (Å²) >= 11 is 13.3. The van der Waals surface area contributed by atoms with E-state index < -0.39 is 0 Å². The van der Waals surface area contributed by atoms with E-state index in [0.717, 1.165) is 11.9 Å². The van der Waals surface area contributed by atoms with Gasteiger partial charge in [-0.3, -0.25) is 4.68 Å². The number of nitrogens with one attached hydrogen (secondary N) is 2. The summed E-state index contributed by atoms with van der Waals surface area (Å²) in [7, 11) is 4.86. The third kappa shape index (κ3) is 4.59. The quantitative estimate of drug-likeness (QED) is 0.301. The molecule has 35 heavy (non-hydrogen) atoms. The first kappa shape index (κ1) is 23.3. The standard InChI is InChI=1S/C23H24Cl2N8O2/c1-33-10-13(26)21(32-33)31-23-28-9-12-6-14(29-22(20(12)30-23)27-8-11-4-5-11)17-18(24)15(34-2)7-16(35-3)19(17)25/h6-7,9-11H,4-5,8,26H2,1-3H3,(H,27,29)(H,28,30,31,32). The van der Waals surface area contributed by atoms with Crippen molar-refractivity contribution < 1.29 is 9.47 Å². The third-order valence-electron chi connectivity index (χ3n) is 5.74. The lowest BCUT2D eigenvalue weighted by atomic mass is 10.1. The lowest BCUT2D eigenvalue weighted by Gasteiger charge is -2.16. The number of nitrogens with two attached hydrogens (primary N) is 1. The average molecular weight is 515 g/mol. The van der Waals surface area contributed by atoms with Gasteiger partial charge in [-0.2, -0.15) is 5.10 Å². The van der Waals surface area contributed by atoms with Gasteiger partial charge in [0.15, 0.2) is 11.6 Å². The molecule has 4 N–H and O–H groups in total. The van der Waals surface area contributed by atoms with Crippen molar-refractivity contribution in [2.24, 2.45) is 13.0 Å². The van der Waals surface area contributed by atoms with Crippen LogP contribution in [0.5, 0.6) is 11.5 Å². The summed E-state index contributed by atoms with van der Waals surface area (Å²) in [5.41, 5.74) is 8.19. The maximum absolute atomic E-state index is 6.66. The van der Waals surface area contributed by atoms with Crippen LogP contribution in [0.1, 0.15) is 12.8 Å². The summed E-state index contributed by atoms with van der Waals surface area (Å²) in [4.78, 5) is 14.0. The fourth-order valence-corrected chi connectivity index (χ4v) is 4.43. The second-order valence-corrected chi connectivity index (χ2v) is 9.08. The van der Waals surface area contributed by atoms with E-state index in [2.05, 4.69) is 20.7 Å². The Kier molecular flexibility index (Phi) is 6.16. The molecule has 1 aromatic carbocycles. The highest BCUT2D eigenvalue weighted by atomic mass is 35.5. The van der Waals surface area contributed by atoms with Crippen LogP contribution in [0.4, 0.5) is 23.3 Å². The Morgan fingerprint density at radius 1 is 1.09 bits per heavy atom. The minimum atomic E-state index is 0.336. The molecule has 0 saturated heterocycles. The first-order valence-corrected chi connectivity index (χ1v) is 11.7. The van der Waals surface area contributed by atoms with E-state index in [1.165, 1.54) is 27.1 Å². The Hall–Kier alpha value is -3.50. The van der Waals surface area contributed by atoms with Crippen molar-refractivity contribution in [1.29, 1.82) is 0 Å². The lowest BCUT2D eigenvalue weighted by molar-refractivity contribution is 0.395. The van der Waals surface area contributed by atoms with Gasteiger partial charge >= 0.3 is 0 Å². The van der Waals surface area contributed by atoms with Crippen LogP contribution in [0, 0.1) is 5.92 Å². The Bertz CT molecular complexity index is 1390. The Balaban J connectivity index is 1.63. The normalized spacial score (nSPS) is 13.2. The van der Waals surface area contributed by atoms with Crippen LogP contribution in [0.25, 0.3) is 22.2 Å². The first-order valence-electron chi connectivity index (χ1n) is 11.0. The minimum Gasteiger partial charge on any atom is -0.495 e. The van der Waals surface area contributed by atoms with Gasteiger partial charge in [-0.05, 0) is 24.8 Å². The summed E-state index contributed by atoms with van der Waals surface area (Å²) in [6.07, 6.45) is 5.79. The van der Waals surface area contributed by atoms with E-state index in [9.17, 15) is 0 Å². The number of hydrogen-bond donors (Lipinski definition) is 3. The molecule has 3 aromatic heterocycles. The zero-order chi connectivity index (χ0) is 24.7. The molecule has 12 heteroatoms. The number of aryl methyl sites for hydroxylation is 1. The molecule has 1 aliphatic carbocycles. The molecule has 0 unspecified atom stereocenters. The van der Waals surface area contributed by atoms with Gasteiger partial charge in [0.05, 0.1) is 35.6 Å². The molecule has 10 nitrogen and oxygen atoms in total. The van der Waals surface area contributed by atoms with Gasteiger partial charge in [0.25, 0.3) is 0 Å². The van der Waals surface area contributed by atoms with Crippen LogP contribution < -0.4 is 25.8 Å². The van der Waals surface area contributed by atoms with E-state index in [1.807, 2.05) is 6.07 Å². The summed E-state index contributed by atoms with van der Waals surface area (Å²) in [5.74, 6) is 2.91. The number of ether oxygens (including phenoxy) is 2. The van der Waals surface area contributed by atoms with Crippen molar-refractivity contribution in [3.63, 3.8) is 0 Å². The SMILES string of the molecule is COc1cc(OC)c(Cl)c(-c2cc3cnc(Nc4nn(C)cc4N)nc3c(NCC3CC3)n2)c1Cl. The first-order chi connectivity index (χ1) is 16.9. The Morgan fingerprint density at radius 3 is 2.40 bits per heavy atom. The highest BCUT2D eigenvalue weighted by Crippen LogP contribution is 2.46. The molecule has 0 radical (unpaired) electrons. The Labute approximate surface area is 211 Å². The van der Waals surface area contributed by atoms with Gasteiger partial charge in [-0.1, -0.05) is 23.2 Å². The summed E-state index contributed by atoms with van der Waals surface area (Å²) in [6.45, 7) is 0.786. The molecule has 0 bridgehead atoms. The summed E-state index contributed by atoms with van der Waals surface area (Å²) in [5, 5.41) is 12.2. The third-order valence-corrected chi connectivity index (χ3v) is 6.49. The molecule has 0 spiro atoms. The number of hydrogen-bond acceptors (Lipinski definition) is 9. The number of anilines is 4. The number of nitrogen functional groups attached to an aromatic ring is 1. The second-order valence-electron chi connectivity index (χ2n) is 8.33. The van der Waals surface area contributed by atoms with E-state index in [-0.39, 0.29) is 0 Å². The van der Waals surface area contributed by atoms with E-state index in [4.69, 9.17) is 48.4 Å². The number of aromatic nitrogens is 5. The van der Waals surface area contributed by atoms with Crippen molar-refractivity contribution in [1.82, 2.24) is 24.7 Å². The van der Waals surface area contributed by atoms with Crippen molar-refractivity contribution in [2.45, 2.75) is 12.8 Å². The zero-order valence-electron chi connectivity index (χ0n) is 19.4. The molecule has 1 saturated carbocycles. The van der Waals surface area contributed by atoms with Crippen LogP contribution in [0.3, 0.4) is 0 Å². The van der Waals surface area contributed by atoms with Gasteiger partial charge in [0, 0.05) is 43.0 Å². The van der Waals surface area contributed by atoms with Crippen molar-refractivity contribution >= 4 is 57.4 Å². The smallest absolute Gasteiger partial charge is 0.229 e. The fraction of sp³-hybridized carbons (Fsp3) is 0.304. The minimum absolute atomic E-state index is 0.336. The maximum Gasteiger partial charge on any atom is 0.229 e. The van der Waals surface area contributed by atoms with Gasteiger partial charge in [-0.15, -0.1) is 0 Å². The number of nitrogens with zero attached hydrogens (tertiary/aromatic N) is 5. The number of pyridine rings is 1. The van der Waals surface area contributed by atoms with Gasteiger partial charge in [0.2, 0.25) is 5.95 Å². The largest absolute Gasteiger partial charge is 0.495 e. The molecule has 0 amide bonds. The van der Waals surface area contributed by atoms with E-state index >= 15 is 0 Å². The Morgan fingerprint density at radius 2 is 1.80 bits per heavy atom. The van der Waals surface area contributed by atoms with Crippen LogP contribution in [-0.4, -0.2) is 45.5 Å². The topological polar surface area (TPSA) is 125 Å². The number of methoxy groups -OCH3 is 2. The summed E-state index contributed by atoms with van der Waals surface area (Å²) in [6, 6.07) is 3.48. The number of benzene rings is 1.